The number of carbonyl (C=O) groups excluding carboxylic acids is 1. The van der Waals surface area contributed by atoms with Crippen molar-refractivity contribution >= 4 is 5.78 Å². The molecule has 4 rings (SSSR count). The number of Topliss-reactive ketones (excluding diaryl/α,β-unsaturated/α-hetero) is 1. The topological polar surface area (TPSA) is 32.9 Å². The number of aromatic amines is 1. The maximum Gasteiger partial charge on any atom is 0.162 e. The van der Waals surface area contributed by atoms with Crippen molar-refractivity contribution in [2.45, 2.75) is 25.7 Å². The van der Waals surface area contributed by atoms with Crippen LogP contribution in [0.25, 0.3) is 22.4 Å². The van der Waals surface area contributed by atoms with Crippen LogP contribution in [0.5, 0.6) is 0 Å². The molecule has 0 bridgehead atoms. The molecule has 0 unspecified atom stereocenters. The number of aromatic nitrogens is 1. The number of carbonyl (C=O) groups is 1. The molecule has 0 radical (unpaired) electrons. The van der Waals surface area contributed by atoms with Crippen molar-refractivity contribution in [2.24, 2.45) is 0 Å². The zero-order valence-electron chi connectivity index (χ0n) is 13.2. The summed E-state index contributed by atoms with van der Waals surface area (Å²) in [6.45, 7) is 1.68. The lowest BCUT2D eigenvalue weighted by Crippen LogP contribution is -1.97. The second-order valence-corrected chi connectivity index (χ2v) is 6.23. The second-order valence-electron chi connectivity index (χ2n) is 6.23. The minimum atomic E-state index is 0.143. The number of nitrogens with one attached hydrogen (secondary N) is 1. The third-order valence-electron chi connectivity index (χ3n) is 4.49. The van der Waals surface area contributed by atoms with Gasteiger partial charge < -0.3 is 4.98 Å². The SMILES string of the molecule is CC(=O)c1c(C2CC2)[nH]c(-c2ccccc2)c1-c1ccccc1. The molecule has 0 spiro atoms. The summed E-state index contributed by atoms with van der Waals surface area (Å²) >= 11 is 0. The molecule has 0 saturated heterocycles. The van der Waals surface area contributed by atoms with E-state index in [0.29, 0.717) is 5.92 Å². The minimum Gasteiger partial charge on any atom is -0.357 e. The predicted molar refractivity (Wildman–Crippen MR) is 93.6 cm³/mol. The van der Waals surface area contributed by atoms with Crippen molar-refractivity contribution in [3.8, 4) is 22.4 Å². The third-order valence-corrected chi connectivity index (χ3v) is 4.49. The van der Waals surface area contributed by atoms with Crippen LogP contribution in [0, 0.1) is 0 Å². The fraction of sp³-hybridized carbons (Fsp3) is 0.190. The molecule has 0 aliphatic heterocycles. The molecule has 3 aromatic rings. The van der Waals surface area contributed by atoms with Crippen molar-refractivity contribution in [3.63, 3.8) is 0 Å². The summed E-state index contributed by atoms with van der Waals surface area (Å²) in [7, 11) is 0. The molecule has 2 aromatic carbocycles. The average Bonchev–Trinajstić information content (AvgIpc) is 3.35. The number of rotatable bonds is 4. The van der Waals surface area contributed by atoms with E-state index in [1.165, 1.54) is 12.8 Å². The van der Waals surface area contributed by atoms with E-state index in [9.17, 15) is 4.79 Å². The molecule has 1 aliphatic carbocycles. The van der Waals surface area contributed by atoms with Gasteiger partial charge in [-0.05, 0) is 36.8 Å². The Morgan fingerprint density at radius 3 is 2.00 bits per heavy atom. The lowest BCUT2D eigenvalue weighted by molar-refractivity contribution is 0.101. The standard InChI is InChI=1S/C21H19NO/c1-14(23)18-19(15-8-4-2-5-9-15)21(16-10-6-3-7-11-16)22-20(18)17-12-13-17/h2-11,17,22H,12-13H2,1H3. The molecule has 1 heterocycles. The maximum atomic E-state index is 12.4. The molecule has 0 amide bonds. The molecule has 2 heteroatoms. The Morgan fingerprint density at radius 1 is 0.913 bits per heavy atom. The monoisotopic (exact) mass is 301 g/mol. The molecule has 2 nitrogen and oxygen atoms in total. The van der Waals surface area contributed by atoms with Crippen LogP contribution in [-0.2, 0) is 0 Å². The van der Waals surface area contributed by atoms with E-state index in [1.807, 2.05) is 36.4 Å². The summed E-state index contributed by atoms with van der Waals surface area (Å²) in [4.78, 5) is 16.0. The summed E-state index contributed by atoms with van der Waals surface area (Å²) in [5, 5.41) is 0. The highest BCUT2D eigenvalue weighted by atomic mass is 16.1. The van der Waals surface area contributed by atoms with E-state index in [0.717, 1.165) is 33.6 Å². The molecular formula is C21H19NO. The Labute approximate surface area is 136 Å². The van der Waals surface area contributed by atoms with Gasteiger partial charge in [0.15, 0.2) is 5.78 Å². The molecule has 1 saturated carbocycles. The quantitative estimate of drug-likeness (QED) is 0.640. The Bertz CT molecular complexity index is 842. The van der Waals surface area contributed by atoms with E-state index in [2.05, 4.69) is 29.2 Å². The van der Waals surface area contributed by atoms with Crippen molar-refractivity contribution < 1.29 is 4.79 Å². The van der Waals surface area contributed by atoms with Crippen LogP contribution in [0.3, 0.4) is 0 Å². The molecule has 23 heavy (non-hydrogen) atoms. The van der Waals surface area contributed by atoms with Crippen molar-refractivity contribution in [1.82, 2.24) is 4.98 Å². The van der Waals surface area contributed by atoms with Crippen LogP contribution < -0.4 is 0 Å². The number of H-pyrrole nitrogens is 1. The van der Waals surface area contributed by atoms with Gasteiger partial charge in [0.05, 0.1) is 5.69 Å². The Balaban J connectivity index is 2.02. The van der Waals surface area contributed by atoms with E-state index in [1.54, 1.807) is 6.92 Å². The Kier molecular flexibility index (Phi) is 3.38. The van der Waals surface area contributed by atoms with Gasteiger partial charge in [-0.3, -0.25) is 4.79 Å². The van der Waals surface area contributed by atoms with E-state index >= 15 is 0 Å². The van der Waals surface area contributed by atoms with Gasteiger partial charge in [0.25, 0.3) is 0 Å². The Hall–Kier alpha value is -2.61. The number of hydrogen-bond acceptors (Lipinski definition) is 1. The first-order chi connectivity index (χ1) is 11.3. The normalized spacial score (nSPS) is 14.0. The lowest BCUT2D eigenvalue weighted by atomic mass is 9.94. The molecule has 114 valence electrons. The van der Waals surface area contributed by atoms with Crippen molar-refractivity contribution in [3.05, 3.63) is 71.9 Å². The fourth-order valence-electron chi connectivity index (χ4n) is 3.28. The maximum absolute atomic E-state index is 12.4. The molecule has 1 aliphatic rings. The predicted octanol–water partition coefficient (Wildman–Crippen LogP) is 5.43. The fourth-order valence-corrected chi connectivity index (χ4v) is 3.28. The van der Waals surface area contributed by atoms with Gasteiger partial charge in [-0.1, -0.05) is 60.7 Å². The van der Waals surface area contributed by atoms with Crippen LogP contribution in [0.15, 0.2) is 60.7 Å². The highest BCUT2D eigenvalue weighted by Crippen LogP contribution is 2.46. The van der Waals surface area contributed by atoms with Crippen LogP contribution in [0.1, 0.15) is 41.7 Å². The van der Waals surface area contributed by atoms with Crippen molar-refractivity contribution in [1.29, 1.82) is 0 Å². The van der Waals surface area contributed by atoms with Crippen LogP contribution in [0.4, 0.5) is 0 Å². The minimum absolute atomic E-state index is 0.143. The summed E-state index contributed by atoms with van der Waals surface area (Å²) in [6, 6.07) is 20.5. The smallest absolute Gasteiger partial charge is 0.162 e. The van der Waals surface area contributed by atoms with Gasteiger partial charge in [0.2, 0.25) is 0 Å². The molecule has 1 N–H and O–H groups in total. The first-order valence-corrected chi connectivity index (χ1v) is 8.13. The van der Waals surface area contributed by atoms with Crippen molar-refractivity contribution in [2.75, 3.05) is 0 Å². The van der Waals surface area contributed by atoms with Gasteiger partial charge in [0, 0.05) is 16.8 Å². The van der Waals surface area contributed by atoms with Gasteiger partial charge >= 0.3 is 0 Å². The Morgan fingerprint density at radius 2 is 1.48 bits per heavy atom. The summed E-state index contributed by atoms with van der Waals surface area (Å²) in [6.07, 6.45) is 2.34. The average molecular weight is 301 g/mol. The van der Waals surface area contributed by atoms with Gasteiger partial charge in [-0.2, -0.15) is 0 Å². The van der Waals surface area contributed by atoms with E-state index in [-0.39, 0.29) is 5.78 Å². The van der Waals surface area contributed by atoms with Gasteiger partial charge in [-0.15, -0.1) is 0 Å². The number of benzene rings is 2. The molecule has 1 aromatic heterocycles. The first kappa shape index (κ1) is 14.0. The lowest BCUT2D eigenvalue weighted by Gasteiger charge is -2.07. The van der Waals surface area contributed by atoms with Crippen LogP contribution in [0.2, 0.25) is 0 Å². The van der Waals surface area contributed by atoms with Gasteiger partial charge in [0.1, 0.15) is 0 Å². The zero-order chi connectivity index (χ0) is 15.8. The van der Waals surface area contributed by atoms with Crippen LogP contribution in [-0.4, -0.2) is 10.8 Å². The highest BCUT2D eigenvalue weighted by molar-refractivity contribution is 6.06. The molecule has 1 fully saturated rings. The van der Waals surface area contributed by atoms with E-state index in [4.69, 9.17) is 0 Å². The van der Waals surface area contributed by atoms with Gasteiger partial charge in [-0.25, -0.2) is 0 Å². The zero-order valence-corrected chi connectivity index (χ0v) is 13.2. The largest absolute Gasteiger partial charge is 0.357 e. The molecular weight excluding hydrogens is 282 g/mol. The summed E-state index contributed by atoms with van der Waals surface area (Å²) < 4.78 is 0. The summed E-state index contributed by atoms with van der Waals surface area (Å²) in [5.74, 6) is 0.651. The third kappa shape index (κ3) is 2.50. The first-order valence-electron chi connectivity index (χ1n) is 8.13. The number of ketones is 1. The molecule has 0 atom stereocenters. The number of hydrogen-bond donors (Lipinski definition) is 1. The summed E-state index contributed by atoms with van der Waals surface area (Å²) in [5.41, 5.74) is 6.32. The van der Waals surface area contributed by atoms with E-state index < -0.39 is 0 Å². The second kappa shape index (κ2) is 5.54. The highest BCUT2D eigenvalue weighted by Gasteiger charge is 2.32. The van der Waals surface area contributed by atoms with Crippen LogP contribution >= 0.6 is 0 Å².